The van der Waals surface area contributed by atoms with E-state index in [9.17, 15) is 5.11 Å². The van der Waals surface area contributed by atoms with E-state index in [1.165, 1.54) is 28.3 Å². The first-order chi connectivity index (χ1) is 11.7. The quantitative estimate of drug-likeness (QED) is 0.926. The van der Waals surface area contributed by atoms with Crippen LogP contribution in [0.3, 0.4) is 0 Å². The van der Waals surface area contributed by atoms with Gasteiger partial charge in [0.25, 0.3) is 0 Å². The smallest absolute Gasteiger partial charge is 0.0957 e. The molecule has 0 radical (unpaired) electrons. The van der Waals surface area contributed by atoms with Crippen molar-refractivity contribution >= 4 is 11.3 Å². The Hall–Kier alpha value is -1.59. The molecule has 0 saturated carbocycles. The van der Waals surface area contributed by atoms with E-state index in [1.807, 2.05) is 12.5 Å². The van der Waals surface area contributed by atoms with Crippen molar-refractivity contribution in [3.05, 3.63) is 41.1 Å². The molecule has 5 heteroatoms. The summed E-state index contributed by atoms with van der Waals surface area (Å²) in [6.45, 7) is 5.25. The van der Waals surface area contributed by atoms with Gasteiger partial charge < -0.3 is 14.6 Å². The number of imidazole rings is 1. The van der Waals surface area contributed by atoms with E-state index in [1.54, 1.807) is 11.3 Å². The zero-order valence-electron chi connectivity index (χ0n) is 13.8. The molecule has 3 aliphatic heterocycles. The Bertz CT molecular complexity index is 739. The minimum absolute atomic E-state index is 0.241. The molecule has 1 N–H and O–H groups in total. The maximum atomic E-state index is 11.0. The average Bonchev–Trinajstić information content (AvgIpc) is 3.33. The van der Waals surface area contributed by atoms with Gasteiger partial charge in [-0.2, -0.15) is 0 Å². The van der Waals surface area contributed by atoms with Gasteiger partial charge in [-0.05, 0) is 49.5 Å². The van der Waals surface area contributed by atoms with Crippen LogP contribution in [0.2, 0.25) is 0 Å². The van der Waals surface area contributed by atoms with Gasteiger partial charge in [-0.15, -0.1) is 11.3 Å². The number of aliphatic hydroxyl groups is 1. The van der Waals surface area contributed by atoms with Crippen LogP contribution < -0.4 is 0 Å². The van der Waals surface area contributed by atoms with Crippen LogP contribution in [-0.4, -0.2) is 38.2 Å². The normalized spacial score (nSPS) is 29.5. The second-order valence-electron chi connectivity index (χ2n) is 7.44. The van der Waals surface area contributed by atoms with Crippen molar-refractivity contribution in [1.82, 2.24) is 14.5 Å². The Balaban J connectivity index is 1.33. The second-order valence-corrected chi connectivity index (χ2v) is 8.39. The fourth-order valence-corrected chi connectivity index (χ4v) is 5.94. The van der Waals surface area contributed by atoms with Crippen LogP contribution in [0.15, 0.2) is 36.2 Å². The molecule has 0 spiro atoms. The van der Waals surface area contributed by atoms with Gasteiger partial charge in [-0.25, -0.2) is 4.98 Å². The van der Waals surface area contributed by atoms with Gasteiger partial charge in [0, 0.05) is 28.7 Å². The molecule has 0 bridgehead atoms. The maximum absolute atomic E-state index is 11.0. The van der Waals surface area contributed by atoms with Crippen molar-refractivity contribution in [2.45, 2.75) is 50.3 Å². The number of piperidine rings is 1. The molecule has 5 heterocycles. The molecule has 126 valence electrons. The first-order valence-corrected chi connectivity index (χ1v) is 9.82. The highest BCUT2D eigenvalue weighted by molar-refractivity contribution is 7.10. The van der Waals surface area contributed by atoms with E-state index in [0.29, 0.717) is 12.0 Å². The molecule has 4 atom stereocenters. The topological polar surface area (TPSA) is 41.3 Å². The van der Waals surface area contributed by atoms with Gasteiger partial charge in [0.05, 0.1) is 30.4 Å². The lowest BCUT2D eigenvalue weighted by Gasteiger charge is -2.39. The number of aliphatic hydroxyl groups excluding tert-OH is 1. The summed E-state index contributed by atoms with van der Waals surface area (Å²) in [6.07, 6.45) is 8.96. The third kappa shape index (κ3) is 2.11. The van der Waals surface area contributed by atoms with Crippen LogP contribution in [0.25, 0.3) is 11.3 Å². The summed E-state index contributed by atoms with van der Waals surface area (Å²) in [5, 5.41) is 13.1. The molecule has 24 heavy (non-hydrogen) atoms. The first-order valence-electron chi connectivity index (χ1n) is 8.94. The number of aromatic nitrogens is 2. The molecule has 0 aliphatic carbocycles. The highest BCUT2D eigenvalue weighted by Crippen LogP contribution is 2.46. The van der Waals surface area contributed by atoms with E-state index in [-0.39, 0.29) is 12.1 Å². The zero-order chi connectivity index (χ0) is 16.3. The fraction of sp³-hybridized carbons (Fsp3) is 0.526. The average molecular weight is 341 g/mol. The van der Waals surface area contributed by atoms with Crippen LogP contribution in [0, 0.1) is 5.92 Å². The van der Waals surface area contributed by atoms with Crippen molar-refractivity contribution in [2.75, 3.05) is 6.54 Å². The van der Waals surface area contributed by atoms with Gasteiger partial charge in [-0.3, -0.25) is 0 Å². The van der Waals surface area contributed by atoms with E-state index < -0.39 is 0 Å². The summed E-state index contributed by atoms with van der Waals surface area (Å²) in [6, 6.07) is 3.04. The molecule has 2 fully saturated rings. The second kappa shape index (κ2) is 5.46. The van der Waals surface area contributed by atoms with Crippen LogP contribution >= 0.6 is 11.3 Å². The molecule has 4 nitrogen and oxygen atoms in total. The molecule has 3 aliphatic rings. The minimum atomic E-state index is -0.241. The number of rotatable bonds is 3. The predicted molar refractivity (Wildman–Crippen MR) is 95.9 cm³/mol. The molecule has 5 rings (SSSR count). The van der Waals surface area contributed by atoms with Crippen molar-refractivity contribution in [2.24, 2.45) is 5.92 Å². The summed E-state index contributed by atoms with van der Waals surface area (Å²) < 4.78 is 2.25. The number of hydrogen-bond donors (Lipinski definition) is 1. The van der Waals surface area contributed by atoms with Gasteiger partial charge in [0.1, 0.15) is 0 Å². The van der Waals surface area contributed by atoms with Crippen LogP contribution in [0.5, 0.6) is 0 Å². The predicted octanol–water partition coefficient (Wildman–Crippen LogP) is 3.65. The standard InChI is InChI=1S/C19H23N3OS/c1-12-2-3-14-8-13(4-6-21(12)14)18(23)9-16-19-15(5-7-24-19)17-10-20-11-22(16)17/h5,7,10-11,13-14,16,18,23H,1-4,6,8-9H2/t13-,14-,16-,18-/m0/s1. The Labute approximate surface area is 146 Å². The van der Waals surface area contributed by atoms with Gasteiger partial charge in [0.2, 0.25) is 0 Å². The molecule has 2 aromatic heterocycles. The van der Waals surface area contributed by atoms with E-state index in [2.05, 4.69) is 32.5 Å². The third-order valence-corrected chi connectivity index (χ3v) is 7.23. The SMILES string of the molecule is C=C1CC[C@H]2C[C@@H]([C@@H](O)C[C@H]3c4sccc4-c4cncn43)CCN12. The van der Waals surface area contributed by atoms with Crippen molar-refractivity contribution < 1.29 is 5.11 Å². The Morgan fingerprint density at radius 2 is 2.33 bits per heavy atom. The molecule has 0 unspecified atom stereocenters. The number of nitrogens with zero attached hydrogens (tertiary/aromatic N) is 3. The van der Waals surface area contributed by atoms with Crippen molar-refractivity contribution in [1.29, 1.82) is 0 Å². The monoisotopic (exact) mass is 341 g/mol. The zero-order valence-corrected chi connectivity index (χ0v) is 14.6. The van der Waals surface area contributed by atoms with Crippen molar-refractivity contribution in [3.63, 3.8) is 0 Å². The minimum Gasteiger partial charge on any atom is -0.393 e. The first kappa shape index (κ1) is 14.7. The third-order valence-electron chi connectivity index (χ3n) is 6.21. The lowest BCUT2D eigenvalue weighted by atomic mass is 9.84. The van der Waals surface area contributed by atoms with Crippen LogP contribution in [0.1, 0.15) is 43.0 Å². The molecular weight excluding hydrogens is 318 g/mol. The fourth-order valence-electron chi connectivity index (χ4n) is 4.92. The Morgan fingerprint density at radius 3 is 3.25 bits per heavy atom. The van der Waals surface area contributed by atoms with E-state index in [4.69, 9.17) is 0 Å². The number of hydrogen-bond acceptors (Lipinski definition) is 4. The summed E-state index contributed by atoms with van der Waals surface area (Å²) in [7, 11) is 0. The molecule has 2 saturated heterocycles. The summed E-state index contributed by atoms with van der Waals surface area (Å²) in [4.78, 5) is 8.18. The van der Waals surface area contributed by atoms with Crippen LogP contribution in [-0.2, 0) is 0 Å². The van der Waals surface area contributed by atoms with Crippen molar-refractivity contribution in [3.8, 4) is 11.3 Å². The number of thiophene rings is 1. The van der Waals surface area contributed by atoms with Gasteiger partial charge >= 0.3 is 0 Å². The van der Waals surface area contributed by atoms with Gasteiger partial charge in [-0.1, -0.05) is 6.58 Å². The van der Waals surface area contributed by atoms with E-state index >= 15 is 0 Å². The maximum Gasteiger partial charge on any atom is 0.0957 e. The molecule has 0 amide bonds. The number of fused-ring (bicyclic) bond motifs is 4. The molecule has 2 aromatic rings. The van der Waals surface area contributed by atoms with Crippen LogP contribution in [0.4, 0.5) is 0 Å². The largest absolute Gasteiger partial charge is 0.393 e. The lowest BCUT2D eigenvalue weighted by Crippen LogP contribution is -2.41. The number of allylic oxidation sites excluding steroid dienone is 1. The highest BCUT2D eigenvalue weighted by Gasteiger charge is 2.38. The summed E-state index contributed by atoms with van der Waals surface area (Å²) in [5.41, 5.74) is 3.80. The highest BCUT2D eigenvalue weighted by atomic mass is 32.1. The lowest BCUT2D eigenvalue weighted by molar-refractivity contribution is 0.0404. The Morgan fingerprint density at radius 1 is 1.42 bits per heavy atom. The van der Waals surface area contributed by atoms with Gasteiger partial charge in [0.15, 0.2) is 0 Å². The Kier molecular flexibility index (Phi) is 3.35. The molecular formula is C19H23N3OS. The summed E-state index contributed by atoms with van der Waals surface area (Å²) >= 11 is 1.81. The molecule has 0 aromatic carbocycles. The summed E-state index contributed by atoms with van der Waals surface area (Å²) in [5.74, 6) is 0.410. The van der Waals surface area contributed by atoms with E-state index in [0.717, 1.165) is 32.2 Å².